The number of hydrogen-bond donors (Lipinski definition) is 8. The number of carboxylic acid groups (broad SMARTS) is 1. The monoisotopic (exact) mass is 410 g/mol. The van der Waals surface area contributed by atoms with Crippen LogP contribution in [0.15, 0.2) is 0 Å². The third-order valence-corrected chi connectivity index (χ3v) is 4.18. The molecule has 0 saturated carbocycles. The molecular formula is C14H26N4O6S2. The average Bonchev–Trinajstić information content (AvgIpc) is 2.59. The molecule has 0 aromatic carbocycles. The van der Waals surface area contributed by atoms with Crippen LogP contribution in [0.25, 0.3) is 0 Å². The zero-order chi connectivity index (χ0) is 20.4. The Bertz CT molecular complexity index is 520. The van der Waals surface area contributed by atoms with Crippen molar-refractivity contribution in [3.05, 3.63) is 0 Å². The van der Waals surface area contributed by atoms with Gasteiger partial charge in [-0.05, 0) is 5.92 Å². The minimum atomic E-state index is -1.40. The van der Waals surface area contributed by atoms with Gasteiger partial charge in [0.2, 0.25) is 17.7 Å². The van der Waals surface area contributed by atoms with E-state index >= 15 is 0 Å². The van der Waals surface area contributed by atoms with Gasteiger partial charge in [-0.15, -0.1) is 0 Å². The van der Waals surface area contributed by atoms with Crippen LogP contribution >= 0.6 is 25.3 Å². The Hall–Kier alpha value is -1.50. The largest absolute Gasteiger partial charge is 0.480 e. The van der Waals surface area contributed by atoms with Gasteiger partial charge in [0.05, 0.1) is 12.6 Å². The van der Waals surface area contributed by atoms with Crippen LogP contribution in [0.1, 0.15) is 13.8 Å². The summed E-state index contributed by atoms with van der Waals surface area (Å²) in [6.45, 7) is 2.72. The van der Waals surface area contributed by atoms with Crippen molar-refractivity contribution in [2.75, 3.05) is 18.1 Å². The molecule has 150 valence electrons. The maximum absolute atomic E-state index is 12.2. The van der Waals surface area contributed by atoms with Crippen molar-refractivity contribution in [3.8, 4) is 0 Å². The van der Waals surface area contributed by atoms with E-state index in [4.69, 9.17) is 10.8 Å². The van der Waals surface area contributed by atoms with Crippen LogP contribution in [0.4, 0.5) is 0 Å². The van der Waals surface area contributed by atoms with E-state index in [1.165, 1.54) is 0 Å². The number of aliphatic hydroxyl groups is 1. The molecule has 0 heterocycles. The maximum atomic E-state index is 12.2. The number of rotatable bonds is 11. The summed E-state index contributed by atoms with van der Waals surface area (Å²) in [7, 11) is 0. The minimum absolute atomic E-state index is 0.0729. The summed E-state index contributed by atoms with van der Waals surface area (Å²) in [6, 6.07) is -4.59. The molecule has 0 aliphatic heterocycles. The van der Waals surface area contributed by atoms with Crippen molar-refractivity contribution in [2.24, 2.45) is 11.7 Å². The van der Waals surface area contributed by atoms with Gasteiger partial charge in [-0.1, -0.05) is 13.8 Å². The highest BCUT2D eigenvalue weighted by Gasteiger charge is 2.29. The van der Waals surface area contributed by atoms with Gasteiger partial charge in [-0.25, -0.2) is 4.79 Å². The van der Waals surface area contributed by atoms with Crippen molar-refractivity contribution in [3.63, 3.8) is 0 Å². The highest BCUT2D eigenvalue weighted by molar-refractivity contribution is 7.80. The topological polar surface area (TPSA) is 171 Å². The minimum Gasteiger partial charge on any atom is -0.480 e. The number of thiol groups is 2. The van der Waals surface area contributed by atoms with Crippen LogP contribution in [0, 0.1) is 5.92 Å². The summed E-state index contributed by atoms with van der Waals surface area (Å²) in [4.78, 5) is 47.1. The molecule has 0 aliphatic rings. The number of carbonyl (C=O) groups excluding carboxylic acids is 3. The fourth-order valence-electron chi connectivity index (χ4n) is 1.69. The van der Waals surface area contributed by atoms with Crippen molar-refractivity contribution < 1.29 is 29.4 Å². The molecule has 0 bridgehead atoms. The fourth-order valence-corrected chi connectivity index (χ4v) is 2.19. The molecule has 3 amide bonds. The number of hydrogen-bond acceptors (Lipinski definition) is 8. The zero-order valence-corrected chi connectivity index (χ0v) is 16.3. The van der Waals surface area contributed by atoms with Crippen molar-refractivity contribution >= 4 is 48.9 Å². The number of carboxylic acids is 1. The number of aliphatic hydroxyl groups excluding tert-OH is 1. The van der Waals surface area contributed by atoms with Crippen LogP contribution < -0.4 is 21.7 Å². The lowest BCUT2D eigenvalue weighted by molar-refractivity contribution is -0.141. The third-order valence-electron chi connectivity index (χ3n) is 3.45. The Balaban J connectivity index is 4.91. The average molecular weight is 411 g/mol. The molecule has 0 aliphatic carbocycles. The molecule has 10 nitrogen and oxygen atoms in total. The van der Waals surface area contributed by atoms with Gasteiger partial charge >= 0.3 is 5.97 Å². The van der Waals surface area contributed by atoms with Gasteiger partial charge < -0.3 is 31.9 Å². The Morgan fingerprint density at radius 1 is 0.885 bits per heavy atom. The Kier molecular flexibility index (Phi) is 11.3. The summed E-state index contributed by atoms with van der Waals surface area (Å²) in [5.74, 6) is -3.92. The predicted octanol–water partition coefficient (Wildman–Crippen LogP) is -2.64. The number of nitrogens with one attached hydrogen (secondary N) is 3. The van der Waals surface area contributed by atoms with Crippen LogP contribution in [-0.4, -0.2) is 76.2 Å². The smallest absolute Gasteiger partial charge is 0.327 e. The quantitative estimate of drug-likeness (QED) is 0.172. The number of carbonyl (C=O) groups is 4. The molecular weight excluding hydrogens is 384 g/mol. The van der Waals surface area contributed by atoms with Gasteiger partial charge in [-0.3, -0.25) is 14.4 Å². The third kappa shape index (κ3) is 7.81. The van der Waals surface area contributed by atoms with E-state index < -0.39 is 54.5 Å². The maximum Gasteiger partial charge on any atom is 0.327 e. The molecule has 0 rings (SSSR count). The second-order valence-corrected chi connectivity index (χ2v) is 6.57. The van der Waals surface area contributed by atoms with Gasteiger partial charge in [0.25, 0.3) is 0 Å². The van der Waals surface area contributed by atoms with Crippen molar-refractivity contribution in [1.82, 2.24) is 16.0 Å². The van der Waals surface area contributed by atoms with E-state index in [9.17, 15) is 24.3 Å². The molecule has 12 heteroatoms. The molecule has 26 heavy (non-hydrogen) atoms. The van der Waals surface area contributed by atoms with E-state index in [1.807, 2.05) is 0 Å². The van der Waals surface area contributed by atoms with E-state index in [0.717, 1.165) is 0 Å². The normalized spacial score (nSPS) is 15.5. The Morgan fingerprint density at radius 2 is 1.31 bits per heavy atom. The second-order valence-electron chi connectivity index (χ2n) is 5.84. The molecule has 7 N–H and O–H groups in total. The first-order valence-corrected chi connectivity index (χ1v) is 9.07. The summed E-state index contributed by atoms with van der Waals surface area (Å²) in [5, 5.41) is 25.0. The molecule has 4 atom stereocenters. The summed E-state index contributed by atoms with van der Waals surface area (Å²) in [5.41, 5.74) is 5.70. The highest BCUT2D eigenvalue weighted by atomic mass is 32.1. The summed E-state index contributed by atoms with van der Waals surface area (Å²) in [6.07, 6.45) is 0. The second kappa shape index (κ2) is 12.0. The first-order chi connectivity index (χ1) is 12.1. The number of nitrogens with two attached hydrogens (primary N) is 1. The molecule has 0 aromatic rings. The lowest BCUT2D eigenvalue weighted by atomic mass is 10.0. The van der Waals surface area contributed by atoms with Gasteiger partial charge in [0.1, 0.15) is 18.1 Å². The predicted molar refractivity (Wildman–Crippen MR) is 101 cm³/mol. The van der Waals surface area contributed by atoms with Crippen LogP contribution in [-0.2, 0) is 19.2 Å². The molecule has 0 spiro atoms. The fraction of sp³-hybridized carbons (Fsp3) is 0.714. The first kappa shape index (κ1) is 24.5. The standard InChI is InChI=1S/C14H26N4O6S2/c1-6(2)10(15)13(22)17-8(4-25)12(21)16-7(3-19)11(20)18-9(5-26)14(23)24/h6-10,19,25-26H,3-5,15H2,1-2H3,(H,16,21)(H,17,22)(H,18,20)(H,23,24). The first-order valence-electron chi connectivity index (χ1n) is 7.81. The highest BCUT2D eigenvalue weighted by Crippen LogP contribution is 2.00. The Labute approximate surface area is 162 Å². The number of aliphatic carboxylic acids is 1. The van der Waals surface area contributed by atoms with E-state index in [-0.39, 0.29) is 17.4 Å². The SMILES string of the molecule is CC(C)C(N)C(=O)NC(CS)C(=O)NC(CO)C(=O)NC(CS)C(=O)O. The molecule has 0 aromatic heterocycles. The van der Waals surface area contributed by atoms with Crippen LogP contribution in [0.3, 0.4) is 0 Å². The van der Waals surface area contributed by atoms with E-state index in [1.54, 1.807) is 13.8 Å². The van der Waals surface area contributed by atoms with Gasteiger partial charge in [0.15, 0.2) is 0 Å². The van der Waals surface area contributed by atoms with Crippen LogP contribution in [0.2, 0.25) is 0 Å². The summed E-state index contributed by atoms with van der Waals surface area (Å²) >= 11 is 7.79. The van der Waals surface area contributed by atoms with E-state index in [2.05, 4.69) is 41.2 Å². The molecule has 4 unspecified atom stereocenters. The van der Waals surface area contributed by atoms with Crippen molar-refractivity contribution in [1.29, 1.82) is 0 Å². The van der Waals surface area contributed by atoms with Crippen molar-refractivity contribution in [2.45, 2.75) is 38.0 Å². The van der Waals surface area contributed by atoms with E-state index in [0.29, 0.717) is 0 Å². The lowest BCUT2D eigenvalue weighted by Crippen LogP contribution is -2.59. The number of amides is 3. The zero-order valence-electron chi connectivity index (χ0n) is 14.5. The van der Waals surface area contributed by atoms with Crippen LogP contribution in [0.5, 0.6) is 0 Å². The Morgan fingerprint density at radius 3 is 1.69 bits per heavy atom. The lowest BCUT2D eigenvalue weighted by Gasteiger charge is -2.23. The summed E-state index contributed by atoms with van der Waals surface area (Å²) < 4.78 is 0. The molecule has 0 fully saturated rings. The molecule has 0 saturated heterocycles. The van der Waals surface area contributed by atoms with Gasteiger partial charge in [-0.2, -0.15) is 25.3 Å². The molecule has 0 radical (unpaired) electrons. The van der Waals surface area contributed by atoms with Gasteiger partial charge in [0, 0.05) is 11.5 Å².